The van der Waals surface area contributed by atoms with Crippen molar-refractivity contribution in [1.82, 2.24) is 4.98 Å². The standard InChI is InChI=1S/C26H25Cl2N3OS/c27-21-11-12-23(26-25(21)22(28)17-29-26)30-33-20-9-3-8-19(16-20)32-15-5-14-31-13-4-7-18-6-1-2-10-24(18)31/h1-3,6,8-12,16-17,29-30H,4-5,7,13-15H2. The largest absolute Gasteiger partial charge is 0.493 e. The summed E-state index contributed by atoms with van der Waals surface area (Å²) >= 11 is 14.1. The van der Waals surface area contributed by atoms with E-state index in [1.165, 1.54) is 36.0 Å². The Morgan fingerprint density at radius 3 is 2.88 bits per heavy atom. The summed E-state index contributed by atoms with van der Waals surface area (Å²) in [5, 5.41) is 2.08. The Morgan fingerprint density at radius 2 is 1.94 bits per heavy atom. The Kier molecular flexibility index (Phi) is 6.91. The molecule has 1 aliphatic heterocycles. The molecule has 5 rings (SSSR count). The van der Waals surface area contributed by atoms with Gasteiger partial charge in [0.2, 0.25) is 0 Å². The van der Waals surface area contributed by atoms with E-state index < -0.39 is 0 Å². The third-order valence-electron chi connectivity index (χ3n) is 5.87. The van der Waals surface area contributed by atoms with Gasteiger partial charge in [0.25, 0.3) is 0 Å². The molecule has 0 unspecified atom stereocenters. The maximum atomic E-state index is 6.29. The smallest absolute Gasteiger partial charge is 0.120 e. The molecule has 2 N–H and O–H groups in total. The molecule has 0 atom stereocenters. The van der Waals surface area contributed by atoms with Gasteiger partial charge in [0.05, 0.1) is 27.9 Å². The zero-order valence-corrected chi connectivity index (χ0v) is 20.4. The molecule has 4 nitrogen and oxygen atoms in total. The van der Waals surface area contributed by atoms with E-state index in [9.17, 15) is 0 Å². The van der Waals surface area contributed by atoms with Crippen molar-refractivity contribution in [2.24, 2.45) is 0 Å². The lowest BCUT2D eigenvalue weighted by Crippen LogP contribution is -2.31. The molecule has 0 amide bonds. The number of halogens is 2. The monoisotopic (exact) mass is 497 g/mol. The van der Waals surface area contributed by atoms with Gasteiger partial charge in [-0.1, -0.05) is 47.5 Å². The third kappa shape index (κ3) is 5.06. The molecule has 1 aromatic heterocycles. The second kappa shape index (κ2) is 10.2. The summed E-state index contributed by atoms with van der Waals surface area (Å²) in [5.74, 6) is 0.880. The van der Waals surface area contributed by atoms with E-state index in [0.29, 0.717) is 16.7 Å². The number of hydrogen-bond acceptors (Lipinski definition) is 4. The lowest BCUT2D eigenvalue weighted by Gasteiger charge is -2.31. The van der Waals surface area contributed by atoms with Crippen LogP contribution < -0.4 is 14.4 Å². The van der Waals surface area contributed by atoms with E-state index in [1.807, 2.05) is 24.3 Å². The van der Waals surface area contributed by atoms with Crippen LogP contribution in [-0.4, -0.2) is 24.7 Å². The number of hydrogen-bond donors (Lipinski definition) is 2. The van der Waals surface area contributed by atoms with Gasteiger partial charge >= 0.3 is 0 Å². The highest BCUT2D eigenvalue weighted by molar-refractivity contribution is 8.00. The first kappa shape index (κ1) is 22.3. The number of aromatic nitrogens is 1. The Balaban J connectivity index is 1.15. The number of anilines is 2. The summed E-state index contributed by atoms with van der Waals surface area (Å²) < 4.78 is 9.46. The maximum Gasteiger partial charge on any atom is 0.120 e. The summed E-state index contributed by atoms with van der Waals surface area (Å²) in [6.45, 7) is 2.83. The molecule has 2 heterocycles. The summed E-state index contributed by atoms with van der Waals surface area (Å²) in [7, 11) is 0. The summed E-state index contributed by atoms with van der Waals surface area (Å²) in [6, 6.07) is 20.7. The maximum absolute atomic E-state index is 6.29. The van der Waals surface area contributed by atoms with Crippen molar-refractivity contribution in [3.05, 3.63) is 82.5 Å². The number of ether oxygens (including phenoxy) is 1. The van der Waals surface area contributed by atoms with Crippen LogP contribution >= 0.6 is 35.1 Å². The van der Waals surface area contributed by atoms with Gasteiger partial charge in [-0.05, 0) is 73.2 Å². The Bertz CT molecular complexity index is 1260. The zero-order chi connectivity index (χ0) is 22.6. The fourth-order valence-electron chi connectivity index (χ4n) is 4.28. The molecular weight excluding hydrogens is 473 g/mol. The van der Waals surface area contributed by atoms with Gasteiger partial charge in [-0.15, -0.1) is 0 Å². The average Bonchev–Trinajstić information content (AvgIpc) is 3.24. The van der Waals surface area contributed by atoms with Crippen LogP contribution in [0.5, 0.6) is 5.75 Å². The molecule has 1 aliphatic rings. The Morgan fingerprint density at radius 1 is 1.03 bits per heavy atom. The van der Waals surface area contributed by atoms with Gasteiger partial charge in [-0.3, -0.25) is 0 Å². The number of aromatic amines is 1. The van der Waals surface area contributed by atoms with Gasteiger partial charge in [-0.2, -0.15) is 0 Å². The SMILES string of the molecule is Clc1ccc(NSc2cccc(OCCCN3CCCc4ccccc43)c2)c2[nH]cc(Cl)c12. The van der Waals surface area contributed by atoms with Gasteiger partial charge in [0.15, 0.2) is 0 Å². The van der Waals surface area contributed by atoms with Gasteiger partial charge in [0, 0.05) is 35.3 Å². The summed E-state index contributed by atoms with van der Waals surface area (Å²) in [4.78, 5) is 6.74. The van der Waals surface area contributed by atoms with E-state index in [4.69, 9.17) is 27.9 Å². The Labute approximate surface area is 208 Å². The first-order valence-electron chi connectivity index (χ1n) is 11.1. The highest BCUT2D eigenvalue weighted by Gasteiger charge is 2.15. The molecule has 0 saturated heterocycles. The summed E-state index contributed by atoms with van der Waals surface area (Å²) in [6.07, 6.45) is 5.14. The molecule has 0 aliphatic carbocycles. The molecule has 0 spiro atoms. The molecule has 3 aromatic carbocycles. The van der Waals surface area contributed by atoms with E-state index in [0.717, 1.165) is 46.7 Å². The average molecular weight is 498 g/mol. The molecule has 7 heteroatoms. The summed E-state index contributed by atoms with van der Waals surface area (Å²) in [5.41, 5.74) is 4.67. The second-order valence-electron chi connectivity index (χ2n) is 8.08. The van der Waals surface area contributed by atoms with Crippen LogP contribution in [0.3, 0.4) is 0 Å². The van der Waals surface area contributed by atoms with Gasteiger partial charge in [0.1, 0.15) is 5.75 Å². The predicted molar refractivity (Wildman–Crippen MR) is 141 cm³/mol. The highest BCUT2D eigenvalue weighted by Crippen LogP contribution is 2.36. The van der Waals surface area contributed by atoms with Crippen molar-refractivity contribution in [2.45, 2.75) is 24.2 Å². The van der Waals surface area contributed by atoms with E-state index >= 15 is 0 Å². The van der Waals surface area contributed by atoms with Crippen LogP contribution in [0.25, 0.3) is 10.9 Å². The van der Waals surface area contributed by atoms with Crippen molar-refractivity contribution < 1.29 is 4.74 Å². The van der Waals surface area contributed by atoms with Crippen LogP contribution in [0, 0.1) is 0 Å². The number of nitrogens with zero attached hydrogens (tertiary/aromatic N) is 1. The van der Waals surface area contributed by atoms with Crippen LogP contribution in [-0.2, 0) is 6.42 Å². The van der Waals surface area contributed by atoms with E-state index in [2.05, 4.69) is 51.0 Å². The molecule has 0 fully saturated rings. The molecule has 0 bridgehead atoms. The lowest BCUT2D eigenvalue weighted by molar-refractivity contribution is 0.310. The number of nitrogens with one attached hydrogen (secondary N) is 2. The van der Waals surface area contributed by atoms with Gasteiger partial charge < -0.3 is 19.3 Å². The highest BCUT2D eigenvalue weighted by atomic mass is 35.5. The number of benzene rings is 3. The predicted octanol–water partition coefficient (Wildman–Crippen LogP) is 7.82. The van der Waals surface area contributed by atoms with Crippen molar-refractivity contribution in [2.75, 3.05) is 29.3 Å². The fraction of sp³-hybridized carbons (Fsp3) is 0.231. The minimum absolute atomic E-state index is 0.618. The molecule has 170 valence electrons. The van der Waals surface area contributed by atoms with Gasteiger partial charge in [-0.25, -0.2) is 0 Å². The number of rotatable bonds is 8. The number of H-pyrrole nitrogens is 1. The zero-order valence-electron chi connectivity index (χ0n) is 18.1. The minimum atomic E-state index is 0.618. The molecule has 0 radical (unpaired) electrons. The first-order valence-corrected chi connectivity index (χ1v) is 12.7. The molecule has 0 saturated carbocycles. The van der Waals surface area contributed by atoms with Crippen molar-refractivity contribution in [3.63, 3.8) is 0 Å². The van der Waals surface area contributed by atoms with Crippen molar-refractivity contribution in [3.8, 4) is 5.75 Å². The van der Waals surface area contributed by atoms with Crippen LogP contribution in [0.4, 0.5) is 11.4 Å². The second-order valence-corrected chi connectivity index (χ2v) is 9.78. The molecular formula is C26H25Cl2N3OS. The topological polar surface area (TPSA) is 40.3 Å². The molecule has 33 heavy (non-hydrogen) atoms. The van der Waals surface area contributed by atoms with Crippen LogP contribution in [0.1, 0.15) is 18.4 Å². The van der Waals surface area contributed by atoms with Crippen molar-refractivity contribution in [1.29, 1.82) is 0 Å². The third-order valence-corrected chi connectivity index (χ3v) is 7.29. The van der Waals surface area contributed by atoms with Crippen LogP contribution in [0.15, 0.2) is 71.8 Å². The number of fused-ring (bicyclic) bond motifs is 2. The number of para-hydroxylation sites is 1. The normalized spacial score (nSPS) is 13.2. The van der Waals surface area contributed by atoms with E-state index in [-0.39, 0.29) is 0 Å². The lowest BCUT2D eigenvalue weighted by atomic mass is 10.0. The first-order chi connectivity index (χ1) is 16.2. The van der Waals surface area contributed by atoms with Crippen LogP contribution in [0.2, 0.25) is 10.0 Å². The quantitative estimate of drug-likeness (QED) is 0.192. The Hall–Kier alpha value is -2.47. The van der Waals surface area contributed by atoms with Crippen molar-refractivity contribution >= 4 is 57.4 Å². The molecule has 4 aromatic rings. The number of aryl methyl sites for hydroxylation is 1. The van der Waals surface area contributed by atoms with E-state index in [1.54, 1.807) is 6.20 Å². The minimum Gasteiger partial charge on any atom is -0.493 e. The fourth-order valence-corrected chi connectivity index (χ4v) is 5.56.